The lowest BCUT2D eigenvalue weighted by Gasteiger charge is -2.06. The predicted octanol–water partition coefficient (Wildman–Crippen LogP) is 4.46. The third-order valence-corrected chi connectivity index (χ3v) is 4.47. The maximum absolute atomic E-state index is 4.41. The van der Waals surface area contributed by atoms with Crippen LogP contribution in [-0.4, -0.2) is 26.1 Å². The minimum atomic E-state index is 0.809. The van der Waals surface area contributed by atoms with Crippen LogP contribution in [0.15, 0.2) is 84.5 Å². The third kappa shape index (κ3) is 2.46. The molecule has 0 amide bonds. The highest BCUT2D eigenvalue weighted by molar-refractivity contribution is 6.01. The topological polar surface area (TPSA) is 58.9 Å². The van der Waals surface area contributed by atoms with E-state index in [-0.39, 0.29) is 0 Å². The van der Waals surface area contributed by atoms with Crippen molar-refractivity contribution in [1.29, 1.82) is 0 Å². The van der Waals surface area contributed by atoms with E-state index in [9.17, 15) is 0 Å². The van der Waals surface area contributed by atoms with Crippen LogP contribution in [0.25, 0.3) is 32.8 Å². The molecule has 0 spiro atoms. The quantitative estimate of drug-likeness (QED) is 0.494. The second kappa shape index (κ2) is 5.97. The molecule has 5 nitrogen and oxygen atoms in total. The van der Waals surface area contributed by atoms with E-state index in [2.05, 4.69) is 50.6 Å². The fourth-order valence-corrected chi connectivity index (χ4v) is 3.17. The lowest BCUT2D eigenvalue weighted by molar-refractivity contribution is 0.893. The van der Waals surface area contributed by atoms with Crippen LogP contribution in [0.2, 0.25) is 0 Å². The Labute approximate surface area is 149 Å². The number of rotatable bonds is 3. The van der Waals surface area contributed by atoms with Crippen LogP contribution in [0.3, 0.4) is 0 Å². The van der Waals surface area contributed by atoms with Crippen LogP contribution in [0.1, 0.15) is 5.69 Å². The van der Waals surface area contributed by atoms with Gasteiger partial charge in [0.15, 0.2) is 0 Å². The highest BCUT2D eigenvalue weighted by atomic mass is 15.3. The minimum Gasteiger partial charge on any atom is -0.277 e. The number of benzene rings is 2. The molecule has 0 aliphatic heterocycles. The van der Waals surface area contributed by atoms with Crippen molar-refractivity contribution < 1.29 is 0 Å². The molecule has 0 atom stereocenters. The molecule has 5 rings (SSSR count). The summed E-state index contributed by atoms with van der Waals surface area (Å²) < 4.78 is 1.75. The van der Waals surface area contributed by atoms with Crippen molar-refractivity contribution in [3.8, 4) is 11.1 Å². The molecule has 0 fully saturated rings. The van der Waals surface area contributed by atoms with E-state index in [1.54, 1.807) is 10.9 Å². The molecule has 2 aromatic carbocycles. The lowest BCUT2D eigenvalue weighted by atomic mass is 9.99. The Morgan fingerprint density at radius 1 is 0.923 bits per heavy atom. The molecule has 0 saturated carbocycles. The van der Waals surface area contributed by atoms with Gasteiger partial charge in [-0.1, -0.05) is 30.3 Å². The molecule has 0 unspecified atom stereocenters. The highest BCUT2D eigenvalue weighted by Crippen LogP contribution is 2.30. The molecule has 1 N–H and O–H groups in total. The Morgan fingerprint density at radius 2 is 1.81 bits per heavy atom. The molecule has 26 heavy (non-hydrogen) atoms. The first-order valence-electron chi connectivity index (χ1n) is 8.37. The summed E-state index contributed by atoms with van der Waals surface area (Å²) in [7, 11) is 0. The molecule has 3 heterocycles. The number of aromatic amines is 1. The summed E-state index contributed by atoms with van der Waals surface area (Å²) in [5, 5.41) is 15.2. The van der Waals surface area contributed by atoms with Gasteiger partial charge in [0.2, 0.25) is 0 Å². The van der Waals surface area contributed by atoms with Gasteiger partial charge in [-0.05, 0) is 35.2 Å². The standard InChI is InChI=1S/C21H15N5/c1-2-6-17-16(5-1)12-22-13-19(17)15-7-8-20-18(11-15)21(25-24-20)14-23-26-9-3-4-10-26/h1-14H,(H,24,25). The predicted molar refractivity (Wildman–Crippen MR) is 104 cm³/mol. The summed E-state index contributed by atoms with van der Waals surface area (Å²) in [6.45, 7) is 0. The Balaban J connectivity index is 1.64. The van der Waals surface area contributed by atoms with Gasteiger partial charge in [-0.2, -0.15) is 10.2 Å². The molecular weight excluding hydrogens is 322 g/mol. The fourth-order valence-electron chi connectivity index (χ4n) is 3.17. The normalized spacial score (nSPS) is 11.7. The summed E-state index contributed by atoms with van der Waals surface area (Å²) >= 11 is 0. The average Bonchev–Trinajstić information content (AvgIpc) is 3.35. The highest BCUT2D eigenvalue weighted by Gasteiger charge is 2.09. The van der Waals surface area contributed by atoms with E-state index >= 15 is 0 Å². The number of H-pyrrole nitrogens is 1. The molecule has 0 aliphatic rings. The summed E-state index contributed by atoms with van der Waals surface area (Å²) in [5.74, 6) is 0. The molecule has 0 aliphatic carbocycles. The number of pyridine rings is 1. The molecule has 5 heteroatoms. The van der Waals surface area contributed by atoms with Crippen molar-refractivity contribution in [2.75, 3.05) is 0 Å². The Morgan fingerprint density at radius 3 is 2.73 bits per heavy atom. The van der Waals surface area contributed by atoms with Crippen LogP contribution in [0.5, 0.6) is 0 Å². The van der Waals surface area contributed by atoms with Gasteiger partial charge < -0.3 is 0 Å². The van der Waals surface area contributed by atoms with E-state index in [1.807, 2.05) is 49.1 Å². The molecule has 0 saturated heterocycles. The van der Waals surface area contributed by atoms with Crippen molar-refractivity contribution in [3.05, 3.63) is 85.1 Å². The van der Waals surface area contributed by atoms with Crippen molar-refractivity contribution in [2.45, 2.75) is 0 Å². The lowest BCUT2D eigenvalue weighted by Crippen LogP contribution is -1.88. The molecular formula is C21H15N5. The smallest absolute Gasteiger partial charge is 0.113 e. The van der Waals surface area contributed by atoms with Gasteiger partial charge in [-0.25, -0.2) is 4.68 Å². The largest absolute Gasteiger partial charge is 0.277 e. The second-order valence-corrected chi connectivity index (χ2v) is 6.09. The van der Waals surface area contributed by atoms with Crippen LogP contribution < -0.4 is 0 Å². The van der Waals surface area contributed by atoms with Gasteiger partial charge in [0.1, 0.15) is 5.69 Å². The Bertz CT molecular complexity index is 1230. The average molecular weight is 337 g/mol. The number of hydrogen-bond donors (Lipinski definition) is 1. The number of fused-ring (bicyclic) bond motifs is 2. The van der Waals surface area contributed by atoms with Gasteiger partial charge in [0.05, 0.1) is 11.7 Å². The molecule has 5 aromatic rings. The number of nitrogens with one attached hydrogen (secondary N) is 1. The Hall–Kier alpha value is -3.73. The van der Waals surface area contributed by atoms with Crippen LogP contribution in [0, 0.1) is 0 Å². The SMILES string of the molecule is C(=Nn1cccc1)c1n[nH]c2ccc(-c3cncc4ccccc34)cc12. The van der Waals surface area contributed by atoms with Crippen LogP contribution in [0.4, 0.5) is 0 Å². The van der Waals surface area contributed by atoms with Crippen molar-refractivity contribution >= 4 is 27.9 Å². The molecule has 0 bridgehead atoms. The van der Waals surface area contributed by atoms with Crippen molar-refractivity contribution in [2.24, 2.45) is 5.10 Å². The number of aromatic nitrogens is 4. The van der Waals surface area contributed by atoms with E-state index in [4.69, 9.17) is 0 Å². The van der Waals surface area contributed by atoms with Crippen molar-refractivity contribution in [1.82, 2.24) is 19.9 Å². The summed E-state index contributed by atoms with van der Waals surface area (Å²) in [4.78, 5) is 4.40. The zero-order valence-electron chi connectivity index (χ0n) is 13.9. The van der Waals surface area contributed by atoms with Gasteiger partial charge in [-0.15, -0.1) is 0 Å². The van der Waals surface area contributed by atoms with E-state index in [1.165, 1.54) is 5.39 Å². The first-order chi connectivity index (χ1) is 12.9. The van der Waals surface area contributed by atoms with Crippen LogP contribution >= 0.6 is 0 Å². The zero-order valence-corrected chi connectivity index (χ0v) is 13.9. The number of hydrogen-bond acceptors (Lipinski definition) is 3. The Kier molecular flexibility index (Phi) is 3.35. The minimum absolute atomic E-state index is 0.809. The summed E-state index contributed by atoms with van der Waals surface area (Å²) in [6, 6.07) is 18.4. The molecule has 3 aromatic heterocycles. The first-order valence-corrected chi connectivity index (χ1v) is 8.37. The molecule has 0 radical (unpaired) electrons. The van der Waals surface area contributed by atoms with Gasteiger partial charge in [-0.3, -0.25) is 10.1 Å². The third-order valence-electron chi connectivity index (χ3n) is 4.47. The van der Waals surface area contributed by atoms with Gasteiger partial charge in [0.25, 0.3) is 0 Å². The summed E-state index contributed by atoms with van der Waals surface area (Å²) in [6.07, 6.45) is 9.35. The maximum atomic E-state index is 4.41. The van der Waals surface area contributed by atoms with E-state index < -0.39 is 0 Å². The number of nitrogens with zero attached hydrogens (tertiary/aromatic N) is 4. The summed E-state index contributed by atoms with van der Waals surface area (Å²) in [5.41, 5.74) is 4.01. The van der Waals surface area contributed by atoms with Gasteiger partial charge >= 0.3 is 0 Å². The van der Waals surface area contributed by atoms with E-state index in [0.717, 1.165) is 33.1 Å². The first kappa shape index (κ1) is 14.6. The van der Waals surface area contributed by atoms with E-state index in [0.29, 0.717) is 0 Å². The van der Waals surface area contributed by atoms with Crippen LogP contribution in [-0.2, 0) is 0 Å². The fraction of sp³-hybridized carbons (Fsp3) is 0. The maximum Gasteiger partial charge on any atom is 0.113 e. The molecule has 124 valence electrons. The zero-order chi connectivity index (χ0) is 17.3. The van der Waals surface area contributed by atoms with Crippen molar-refractivity contribution in [3.63, 3.8) is 0 Å². The van der Waals surface area contributed by atoms with Gasteiger partial charge in [0, 0.05) is 41.1 Å². The second-order valence-electron chi connectivity index (χ2n) is 6.09. The monoisotopic (exact) mass is 337 g/mol.